The first-order chi connectivity index (χ1) is 16.9. The zero-order valence-electron chi connectivity index (χ0n) is 20.6. The topological polar surface area (TPSA) is 90.3 Å². The number of fused-ring (bicyclic) bond motifs is 1. The van der Waals surface area contributed by atoms with Gasteiger partial charge < -0.3 is 23.7 Å². The van der Waals surface area contributed by atoms with Crippen molar-refractivity contribution in [1.82, 2.24) is 14.4 Å². The van der Waals surface area contributed by atoms with E-state index in [0.717, 1.165) is 11.3 Å². The molecule has 9 nitrogen and oxygen atoms in total. The normalized spacial score (nSPS) is 18.2. The molecule has 2 aliphatic heterocycles. The third-order valence-electron chi connectivity index (χ3n) is 6.59. The number of aromatic nitrogens is 1. The van der Waals surface area contributed by atoms with Crippen LogP contribution in [0.1, 0.15) is 35.0 Å². The van der Waals surface area contributed by atoms with Gasteiger partial charge in [0.2, 0.25) is 5.91 Å². The predicted octanol–water partition coefficient (Wildman–Crippen LogP) is 1.95. The van der Waals surface area contributed by atoms with Crippen LogP contribution in [0.15, 0.2) is 35.1 Å². The molecule has 0 aliphatic carbocycles. The van der Waals surface area contributed by atoms with Crippen LogP contribution in [0.2, 0.25) is 0 Å². The van der Waals surface area contributed by atoms with E-state index in [1.807, 2.05) is 25.1 Å². The second-order valence-corrected chi connectivity index (χ2v) is 9.07. The van der Waals surface area contributed by atoms with Gasteiger partial charge >= 0.3 is 5.97 Å². The first-order valence-corrected chi connectivity index (χ1v) is 12.1. The van der Waals surface area contributed by atoms with Crippen LogP contribution < -0.4 is 15.0 Å². The van der Waals surface area contributed by atoms with Crippen molar-refractivity contribution in [2.45, 2.75) is 32.9 Å². The fraction of sp³-hybridized carbons (Fsp3) is 0.500. The average molecular weight is 484 g/mol. The van der Waals surface area contributed by atoms with E-state index in [0.29, 0.717) is 63.4 Å². The maximum absolute atomic E-state index is 13.0. The van der Waals surface area contributed by atoms with Crippen LogP contribution in [-0.4, -0.2) is 73.2 Å². The molecule has 0 N–H and O–H groups in total. The van der Waals surface area contributed by atoms with Gasteiger partial charge in [-0.1, -0.05) is 12.1 Å². The van der Waals surface area contributed by atoms with Crippen molar-refractivity contribution in [3.05, 3.63) is 57.5 Å². The number of pyridine rings is 1. The number of carbonyl (C=O) groups is 2. The van der Waals surface area contributed by atoms with Gasteiger partial charge in [0, 0.05) is 70.3 Å². The largest absolute Gasteiger partial charge is 0.494 e. The molecule has 188 valence electrons. The number of carbonyl (C=O) groups excluding carboxylic acids is 2. The van der Waals surface area contributed by atoms with E-state index in [-0.39, 0.29) is 29.7 Å². The van der Waals surface area contributed by atoms with E-state index < -0.39 is 5.97 Å². The summed E-state index contributed by atoms with van der Waals surface area (Å²) in [5.74, 6) is 0.627. The van der Waals surface area contributed by atoms with E-state index in [4.69, 9.17) is 14.2 Å². The van der Waals surface area contributed by atoms with Crippen LogP contribution in [0.4, 0.5) is 0 Å². The smallest absolute Gasteiger partial charge is 0.343 e. The molecule has 1 saturated heterocycles. The van der Waals surface area contributed by atoms with Crippen LogP contribution in [0, 0.1) is 5.92 Å². The van der Waals surface area contributed by atoms with Crippen molar-refractivity contribution in [3.63, 3.8) is 0 Å². The average Bonchev–Trinajstić information content (AvgIpc) is 3.02. The Morgan fingerprint density at radius 3 is 2.66 bits per heavy atom. The maximum Gasteiger partial charge on any atom is 0.343 e. The van der Waals surface area contributed by atoms with Crippen molar-refractivity contribution in [1.29, 1.82) is 0 Å². The highest BCUT2D eigenvalue weighted by Gasteiger charge is 2.30. The molecule has 2 aromatic rings. The Kier molecular flexibility index (Phi) is 7.75. The molecule has 0 unspecified atom stereocenters. The van der Waals surface area contributed by atoms with Gasteiger partial charge in [-0.15, -0.1) is 0 Å². The molecule has 0 saturated carbocycles. The lowest BCUT2D eigenvalue weighted by Gasteiger charge is -2.19. The number of benzene rings is 1. The molecule has 2 aliphatic rings. The molecule has 1 aromatic heterocycles. The molecule has 9 heteroatoms. The first-order valence-electron chi connectivity index (χ1n) is 12.1. The number of nitrogens with zero attached hydrogens (tertiary/aromatic N) is 3. The lowest BCUT2D eigenvalue weighted by molar-refractivity contribution is -0.126. The number of ether oxygens (including phenoxy) is 3. The summed E-state index contributed by atoms with van der Waals surface area (Å²) in [5, 5.41) is 0. The third kappa shape index (κ3) is 5.67. The highest BCUT2D eigenvalue weighted by Crippen LogP contribution is 2.26. The SMILES string of the molecule is CCOc1cccc(CN2CCc3c(C(=O)OC)c(OC[C@H]4CC(=O)N(C)C4)cc(=O)n3CC2)c1. The van der Waals surface area contributed by atoms with Gasteiger partial charge in [-0.05, 0) is 24.6 Å². The van der Waals surface area contributed by atoms with Crippen molar-refractivity contribution < 1.29 is 23.8 Å². The standard InChI is InChI=1S/C26H33N3O6/c1-4-34-20-7-5-6-18(12-20)16-28-9-8-21-25(26(32)33-3)22(14-24(31)29(21)11-10-28)35-17-19-13-23(30)27(2)15-19/h5-7,12,14,19H,4,8-11,13,15-17H2,1-3H3/t19-/m0/s1. The summed E-state index contributed by atoms with van der Waals surface area (Å²) < 4.78 is 18.3. The van der Waals surface area contributed by atoms with Gasteiger partial charge in [0.25, 0.3) is 5.56 Å². The Balaban J connectivity index is 1.54. The molecular weight excluding hydrogens is 450 g/mol. The lowest BCUT2D eigenvalue weighted by atomic mass is 10.1. The summed E-state index contributed by atoms with van der Waals surface area (Å²) in [6, 6.07) is 9.38. The van der Waals surface area contributed by atoms with Crippen molar-refractivity contribution in [2.24, 2.45) is 5.92 Å². The molecule has 1 fully saturated rings. The zero-order chi connectivity index (χ0) is 24.9. The summed E-state index contributed by atoms with van der Waals surface area (Å²) in [7, 11) is 3.09. The molecule has 1 amide bonds. The van der Waals surface area contributed by atoms with E-state index in [2.05, 4.69) is 11.0 Å². The molecule has 35 heavy (non-hydrogen) atoms. The highest BCUT2D eigenvalue weighted by molar-refractivity contribution is 5.93. The molecule has 1 aromatic carbocycles. The number of likely N-dealkylation sites (tertiary alicyclic amines) is 1. The summed E-state index contributed by atoms with van der Waals surface area (Å²) in [6.45, 7) is 5.94. The minimum absolute atomic E-state index is 0.0162. The van der Waals surface area contributed by atoms with E-state index in [1.54, 1.807) is 16.5 Å². The fourth-order valence-corrected chi connectivity index (χ4v) is 4.82. The van der Waals surface area contributed by atoms with Gasteiger partial charge in [0.1, 0.15) is 17.1 Å². The predicted molar refractivity (Wildman–Crippen MR) is 130 cm³/mol. The summed E-state index contributed by atoms with van der Waals surface area (Å²) in [4.78, 5) is 41.6. The Bertz CT molecular complexity index is 1140. The Morgan fingerprint density at radius 2 is 1.94 bits per heavy atom. The second kappa shape index (κ2) is 10.9. The van der Waals surface area contributed by atoms with Gasteiger partial charge in [0.05, 0.1) is 20.3 Å². The minimum Gasteiger partial charge on any atom is -0.494 e. The van der Waals surface area contributed by atoms with Crippen LogP contribution in [-0.2, 0) is 29.0 Å². The molecule has 1 atom stereocenters. The van der Waals surface area contributed by atoms with Gasteiger partial charge in [-0.25, -0.2) is 4.79 Å². The maximum atomic E-state index is 13.0. The summed E-state index contributed by atoms with van der Waals surface area (Å²) in [6.07, 6.45) is 0.903. The molecule has 4 rings (SSSR count). The van der Waals surface area contributed by atoms with Crippen molar-refractivity contribution >= 4 is 11.9 Å². The van der Waals surface area contributed by atoms with Crippen LogP contribution in [0.3, 0.4) is 0 Å². The number of amides is 1. The van der Waals surface area contributed by atoms with Gasteiger partial charge in [0.15, 0.2) is 0 Å². The number of methoxy groups -OCH3 is 1. The van der Waals surface area contributed by atoms with E-state index >= 15 is 0 Å². The number of hydrogen-bond donors (Lipinski definition) is 0. The summed E-state index contributed by atoms with van der Waals surface area (Å²) in [5.41, 5.74) is 1.85. The summed E-state index contributed by atoms with van der Waals surface area (Å²) >= 11 is 0. The number of hydrogen-bond acceptors (Lipinski definition) is 7. The molecule has 0 spiro atoms. The van der Waals surface area contributed by atoms with Gasteiger partial charge in [-0.2, -0.15) is 0 Å². The second-order valence-electron chi connectivity index (χ2n) is 9.07. The number of rotatable bonds is 8. The molecule has 0 radical (unpaired) electrons. The molecule has 3 heterocycles. The Morgan fingerprint density at radius 1 is 1.11 bits per heavy atom. The zero-order valence-corrected chi connectivity index (χ0v) is 20.6. The van der Waals surface area contributed by atoms with Crippen LogP contribution >= 0.6 is 0 Å². The minimum atomic E-state index is -0.527. The van der Waals surface area contributed by atoms with E-state index in [9.17, 15) is 14.4 Å². The lowest BCUT2D eigenvalue weighted by Crippen LogP contribution is -2.29. The quantitative estimate of drug-likeness (QED) is 0.530. The fourth-order valence-electron chi connectivity index (χ4n) is 4.82. The third-order valence-corrected chi connectivity index (χ3v) is 6.59. The molecule has 0 bridgehead atoms. The van der Waals surface area contributed by atoms with Crippen LogP contribution in [0.5, 0.6) is 11.5 Å². The monoisotopic (exact) mass is 483 g/mol. The van der Waals surface area contributed by atoms with Crippen LogP contribution in [0.25, 0.3) is 0 Å². The number of esters is 1. The molecular formula is C26H33N3O6. The van der Waals surface area contributed by atoms with Gasteiger partial charge in [-0.3, -0.25) is 14.5 Å². The van der Waals surface area contributed by atoms with Crippen molar-refractivity contribution in [3.8, 4) is 11.5 Å². The highest BCUT2D eigenvalue weighted by atomic mass is 16.5. The Hall–Kier alpha value is -3.33. The Labute approximate surface area is 205 Å². The van der Waals surface area contributed by atoms with Crippen molar-refractivity contribution in [2.75, 3.05) is 47.0 Å². The van der Waals surface area contributed by atoms with E-state index in [1.165, 1.54) is 13.2 Å². The first kappa shape index (κ1) is 24.8.